The number of nitrogens with zero attached hydrogens (tertiary/aromatic N) is 1. The van der Waals surface area contributed by atoms with Crippen LogP contribution in [0.2, 0.25) is 0 Å². The SMILES string of the molecule is CC(C)NCCCC(=O)N1CCC(C)C(C)C1. The molecular formula is C14H28N2O. The Balaban J connectivity index is 2.19. The van der Waals surface area contributed by atoms with Gasteiger partial charge in [-0.2, -0.15) is 0 Å². The number of carbonyl (C=O) groups is 1. The second kappa shape index (κ2) is 7.00. The molecule has 0 aromatic heterocycles. The maximum absolute atomic E-state index is 12.0. The van der Waals surface area contributed by atoms with E-state index in [0.717, 1.165) is 38.4 Å². The second-order valence-electron chi connectivity index (χ2n) is 5.80. The van der Waals surface area contributed by atoms with Gasteiger partial charge < -0.3 is 10.2 Å². The van der Waals surface area contributed by atoms with Crippen molar-refractivity contribution in [1.82, 2.24) is 10.2 Å². The fourth-order valence-electron chi connectivity index (χ4n) is 2.28. The van der Waals surface area contributed by atoms with Crippen molar-refractivity contribution >= 4 is 5.91 Å². The number of nitrogens with one attached hydrogen (secondary N) is 1. The van der Waals surface area contributed by atoms with E-state index < -0.39 is 0 Å². The lowest BCUT2D eigenvalue weighted by Gasteiger charge is -2.35. The highest BCUT2D eigenvalue weighted by Gasteiger charge is 2.25. The number of carbonyl (C=O) groups excluding carboxylic acids is 1. The molecule has 1 fully saturated rings. The standard InChI is InChI=1S/C14H28N2O/c1-11(2)15-8-5-6-14(17)16-9-7-12(3)13(4)10-16/h11-13,15H,5-10H2,1-4H3. The van der Waals surface area contributed by atoms with Crippen molar-refractivity contribution in [3.05, 3.63) is 0 Å². The highest BCUT2D eigenvalue weighted by molar-refractivity contribution is 5.76. The van der Waals surface area contributed by atoms with Gasteiger partial charge >= 0.3 is 0 Å². The first-order valence-corrected chi connectivity index (χ1v) is 7.02. The van der Waals surface area contributed by atoms with Crippen LogP contribution in [-0.2, 0) is 4.79 Å². The highest BCUT2D eigenvalue weighted by atomic mass is 16.2. The minimum Gasteiger partial charge on any atom is -0.342 e. The van der Waals surface area contributed by atoms with Gasteiger partial charge in [0.15, 0.2) is 0 Å². The zero-order valence-corrected chi connectivity index (χ0v) is 11.8. The van der Waals surface area contributed by atoms with Crippen molar-refractivity contribution in [2.75, 3.05) is 19.6 Å². The summed E-state index contributed by atoms with van der Waals surface area (Å²) in [4.78, 5) is 14.0. The summed E-state index contributed by atoms with van der Waals surface area (Å²) in [6.07, 6.45) is 2.81. The van der Waals surface area contributed by atoms with E-state index in [9.17, 15) is 4.79 Å². The topological polar surface area (TPSA) is 32.3 Å². The lowest BCUT2D eigenvalue weighted by molar-refractivity contribution is -0.133. The average Bonchev–Trinajstić information content (AvgIpc) is 2.27. The second-order valence-corrected chi connectivity index (χ2v) is 5.80. The van der Waals surface area contributed by atoms with Crippen LogP contribution >= 0.6 is 0 Å². The van der Waals surface area contributed by atoms with Crippen molar-refractivity contribution in [1.29, 1.82) is 0 Å². The number of rotatable bonds is 5. The maximum atomic E-state index is 12.0. The smallest absolute Gasteiger partial charge is 0.222 e. The Morgan fingerprint density at radius 2 is 2.06 bits per heavy atom. The van der Waals surface area contributed by atoms with Gasteiger partial charge in [-0.15, -0.1) is 0 Å². The summed E-state index contributed by atoms with van der Waals surface area (Å²) in [7, 11) is 0. The van der Waals surface area contributed by atoms with E-state index in [0.29, 0.717) is 24.3 Å². The first-order chi connectivity index (χ1) is 8.00. The third-order valence-electron chi connectivity index (χ3n) is 3.81. The van der Waals surface area contributed by atoms with Crippen LogP contribution < -0.4 is 5.32 Å². The molecule has 100 valence electrons. The number of piperidine rings is 1. The van der Waals surface area contributed by atoms with Gasteiger partial charge in [0.05, 0.1) is 0 Å². The Hall–Kier alpha value is -0.570. The summed E-state index contributed by atoms with van der Waals surface area (Å²) in [6.45, 7) is 11.7. The summed E-state index contributed by atoms with van der Waals surface area (Å²) in [5.41, 5.74) is 0. The highest BCUT2D eigenvalue weighted by Crippen LogP contribution is 2.22. The molecule has 0 saturated carbocycles. The fourth-order valence-corrected chi connectivity index (χ4v) is 2.28. The van der Waals surface area contributed by atoms with Gasteiger partial charge in [-0.3, -0.25) is 4.79 Å². The van der Waals surface area contributed by atoms with Gasteiger partial charge in [0, 0.05) is 25.6 Å². The molecule has 1 rings (SSSR count). The van der Waals surface area contributed by atoms with E-state index >= 15 is 0 Å². The van der Waals surface area contributed by atoms with Gasteiger partial charge in [0.1, 0.15) is 0 Å². The van der Waals surface area contributed by atoms with Crippen molar-refractivity contribution in [2.45, 2.75) is 53.0 Å². The van der Waals surface area contributed by atoms with Crippen LogP contribution in [0.15, 0.2) is 0 Å². The Morgan fingerprint density at radius 3 is 2.65 bits per heavy atom. The Kier molecular flexibility index (Phi) is 5.96. The molecule has 1 amide bonds. The number of likely N-dealkylation sites (tertiary alicyclic amines) is 1. The fraction of sp³-hybridized carbons (Fsp3) is 0.929. The van der Waals surface area contributed by atoms with Gasteiger partial charge in [-0.1, -0.05) is 27.7 Å². The summed E-state index contributed by atoms with van der Waals surface area (Å²) in [5.74, 6) is 1.76. The molecule has 0 aromatic rings. The first-order valence-electron chi connectivity index (χ1n) is 7.02. The molecule has 3 heteroatoms. The predicted molar refractivity (Wildman–Crippen MR) is 71.9 cm³/mol. The number of amides is 1. The van der Waals surface area contributed by atoms with Crippen LogP contribution in [0.25, 0.3) is 0 Å². The zero-order valence-electron chi connectivity index (χ0n) is 11.8. The maximum Gasteiger partial charge on any atom is 0.222 e. The van der Waals surface area contributed by atoms with E-state index in [4.69, 9.17) is 0 Å². The van der Waals surface area contributed by atoms with Gasteiger partial charge in [-0.25, -0.2) is 0 Å². The van der Waals surface area contributed by atoms with Crippen LogP contribution in [0, 0.1) is 11.8 Å². The lowest BCUT2D eigenvalue weighted by Crippen LogP contribution is -2.42. The molecule has 17 heavy (non-hydrogen) atoms. The molecule has 2 unspecified atom stereocenters. The van der Waals surface area contributed by atoms with Crippen LogP contribution in [0.1, 0.15) is 47.0 Å². The first kappa shape index (κ1) is 14.5. The molecular weight excluding hydrogens is 212 g/mol. The third-order valence-corrected chi connectivity index (χ3v) is 3.81. The lowest BCUT2D eigenvalue weighted by atomic mass is 9.88. The van der Waals surface area contributed by atoms with Crippen molar-refractivity contribution in [2.24, 2.45) is 11.8 Å². The van der Waals surface area contributed by atoms with Gasteiger partial charge in [-0.05, 0) is 31.2 Å². The molecule has 1 aliphatic heterocycles. The van der Waals surface area contributed by atoms with Gasteiger partial charge in [0.2, 0.25) is 5.91 Å². The number of hydrogen-bond donors (Lipinski definition) is 1. The van der Waals surface area contributed by atoms with E-state index in [1.807, 2.05) is 0 Å². The Morgan fingerprint density at radius 1 is 1.35 bits per heavy atom. The summed E-state index contributed by atoms with van der Waals surface area (Å²) in [5, 5.41) is 3.35. The van der Waals surface area contributed by atoms with Crippen LogP contribution in [-0.4, -0.2) is 36.5 Å². The van der Waals surface area contributed by atoms with Crippen molar-refractivity contribution in [3.8, 4) is 0 Å². The van der Waals surface area contributed by atoms with Gasteiger partial charge in [0.25, 0.3) is 0 Å². The zero-order chi connectivity index (χ0) is 12.8. The van der Waals surface area contributed by atoms with E-state index in [-0.39, 0.29) is 0 Å². The average molecular weight is 240 g/mol. The molecule has 1 saturated heterocycles. The Labute approximate surface area is 106 Å². The molecule has 0 spiro atoms. The quantitative estimate of drug-likeness (QED) is 0.748. The molecule has 2 atom stereocenters. The monoisotopic (exact) mass is 240 g/mol. The van der Waals surface area contributed by atoms with Crippen LogP contribution in [0.5, 0.6) is 0 Å². The van der Waals surface area contributed by atoms with E-state index in [2.05, 4.69) is 37.9 Å². The predicted octanol–water partition coefficient (Wildman–Crippen LogP) is 2.27. The minimum atomic E-state index is 0.342. The molecule has 0 aliphatic carbocycles. The van der Waals surface area contributed by atoms with Crippen LogP contribution in [0.4, 0.5) is 0 Å². The van der Waals surface area contributed by atoms with Crippen molar-refractivity contribution < 1.29 is 4.79 Å². The molecule has 0 radical (unpaired) electrons. The molecule has 0 aromatic carbocycles. The molecule has 0 bridgehead atoms. The Bertz CT molecular complexity index is 240. The molecule has 1 aliphatic rings. The number of hydrogen-bond acceptors (Lipinski definition) is 2. The van der Waals surface area contributed by atoms with Crippen molar-refractivity contribution in [3.63, 3.8) is 0 Å². The van der Waals surface area contributed by atoms with E-state index in [1.54, 1.807) is 0 Å². The third kappa shape index (κ3) is 5.07. The normalized spacial score (nSPS) is 25.4. The summed E-state index contributed by atoms with van der Waals surface area (Å²) < 4.78 is 0. The minimum absolute atomic E-state index is 0.342. The summed E-state index contributed by atoms with van der Waals surface area (Å²) >= 11 is 0. The molecule has 1 N–H and O–H groups in total. The van der Waals surface area contributed by atoms with E-state index in [1.165, 1.54) is 0 Å². The largest absolute Gasteiger partial charge is 0.342 e. The van der Waals surface area contributed by atoms with Crippen LogP contribution in [0.3, 0.4) is 0 Å². The summed E-state index contributed by atoms with van der Waals surface area (Å²) in [6, 6.07) is 0.515. The molecule has 3 nitrogen and oxygen atoms in total. The molecule has 1 heterocycles.